The Hall–Kier alpha value is -0.770. The Labute approximate surface area is 119 Å². The molecule has 2 N–H and O–H groups in total. The summed E-state index contributed by atoms with van der Waals surface area (Å²) in [4.78, 5) is 11.8. The monoisotopic (exact) mass is 288 g/mol. The lowest BCUT2D eigenvalue weighted by molar-refractivity contribution is -0.121. The standard InChI is InChI=1S/C13H17ClN2O.ClH/c14-11-3-1-10(2-4-11)9-13(17)16-12-5-7-15-8-6-12;/h1-4,12,15H,5-9H2,(H,16,17);1H. The highest BCUT2D eigenvalue weighted by molar-refractivity contribution is 6.30. The number of piperidine rings is 1. The maximum Gasteiger partial charge on any atom is 0.224 e. The van der Waals surface area contributed by atoms with E-state index in [-0.39, 0.29) is 18.3 Å². The molecule has 1 aromatic rings. The first-order valence-corrected chi connectivity index (χ1v) is 6.36. The molecule has 18 heavy (non-hydrogen) atoms. The van der Waals surface area contributed by atoms with Crippen LogP contribution in [0.1, 0.15) is 18.4 Å². The van der Waals surface area contributed by atoms with Gasteiger partial charge >= 0.3 is 0 Å². The predicted molar refractivity (Wildman–Crippen MR) is 76.4 cm³/mol. The largest absolute Gasteiger partial charge is 0.353 e. The van der Waals surface area contributed by atoms with Gasteiger partial charge in [-0.2, -0.15) is 0 Å². The summed E-state index contributed by atoms with van der Waals surface area (Å²) in [6.45, 7) is 1.98. The SMILES string of the molecule is Cl.O=C(Cc1ccc(Cl)cc1)NC1CCNCC1. The molecule has 1 fully saturated rings. The second-order valence-electron chi connectivity index (χ2n) is 4.40. The number of benzene rings is 1. The van der Waals surface area contributed by atoms with E-state index >= 15 is 0 Å². The van der Waals surface area contributed by atoms with Crippen LogP contribution in [0.5, 0.6) is 0 Å². The number of carbonyl (C=O) groups excluding carboxylic acids is 1. The molecule has 0 radical (unpaired) electrons. The summed E-state index contributed by atoms with van der Waals surface area (Å²) in [5.41, 5.74) is 1.00. The van der Waals surface area contributed by atoms with Crippen LogP contribution in [0.2, 0.25) is 5.02 Å². The summed E-state index contributed by atoms with van der Waals surface area (Å²) in [5.74, 6) is 0.0965. The predicted octanol–water partition coefficient (Wildman–Crippen LogP) is 2.17. The van der Waals surface area contributed by atoms with Crippen molar-refractivity contribution in [3.8, 4) is 0 Å². The Morgan fingerprint density at radius 2 is 1.89 bits per heavy atom. The van der Waals surface area contributed by atoms with Crippen LogP contribution in [0.25, 0.3) is 0 Å². The number of amides is 1. The van der Waals surface area contributed by atoms with E-state index in [1.54, 1.807) is 0 Å². The molecule has 1 aromatic carbocycles. The number of rotatable bonds is 3. The molecular formula is C13H18Cl2N2O. The molecule has 1 aliphatic rings. The van der Waals surface area contributed by atoms with Crippen molar-refractivity contribution < 1.29 is 4.79 Å². The molecule has 2 rings (SSSR count). The van der Waals surface area contributed by atoms with Crippen LogP contribution in [0.3, 0.4) is 0 Å². The zero-order chi connectivity index (χ0) is 12.1. The summed E-state index contributed by atoms with van der Waals surface area (Å²) in [7, 11) is 0. The fourth-order valence-corrected chi connectivity index (χ4v) is 2.16. The molecule has 0 bridgehead atoms. The van der Waals surface area contributed by atoms with Crippen molar-refractivity contribution >= 4 is 29.9 Å². The highest BCUT2D eigenvalue weighted by Gasteiger charge is 2.15. The lowest BCUT2D eigenvalue weighted by Gasteiger charge is -2.23. The van der Waals surface area contributed by atoms with E-state index in [0.29, 0.717) is 17.5 Å². The zero-order valence-electron chi connectivity index (χ0n) is 10.1. The molecule has 100 valence electrons. The van der Waals surface area contributed by atoms with Gasteiger partial charge in [0.1, 0.15) is 0 Å². The third-order valence-corrected chi connectivity index (χ3v) is 3.23. The lowest BCUT2D eigenvalue weighted by Crippen LogP contribution is -2.43. The number of nitrogens with one attached hydrogen (secondary N) is 2. The van der Waals surface area contributed by atoms with E-state index in [4.69, 9.17) is 11.6 Å². The van der Waals surface area contributed by atoms with Gasteiger partial charge in [0, 0.05) is 11.1 Å². The van der Waals surface area contributed by atoms with E-state index in [2.05, 4.69) is 10.6 Å². The van der Waals surface area contributed by atoms with Crippen molar-refractivity contribution in [1.29, 1.82) is 0 Å². The maximum atomic E-state index is 11.8. The first-order chi connectivity index (χ1) is 8.24. The van der Waals surface area contributed by atoms with Gasteiger partial charge in [0.15, 0.2) is 0 Å². The van der Waals surface area contributed by atoms with E-state index in [9.17, 15) is 4.79 Å². The van der Waals surface area contributed by atoms with Gasteiger partial charge in [-0.1, -0.05) is 23.7 Å². The Kier molecular flexibility index (Phi) is 6.47. The second kappa shape index (κ2) is 7.62. The van der Waals surface area contributed by atoms with Gasteiger partial charge in [0.25, 0.3) is 0 Å². The summed E-state index contributed by atoms with van der Waals surface area (Å²) in [5, 5.41) is 7.05. The quantitative estimate of drug-likeness (QED) is 0.895. The van der Waals surface area contributed by atoms with Crippen LogP contribution in [0.4, 0.5) is 0 Å². The molecule has 1 heterocycles. The average molecular weight is 289 g/mol. The van der Waals surface area contributed by atoms with E-state index < -0.39 is 0 Å². The van der Waals surface area contributed by atoms with Crippen molar-refractivity contribution in [1.82, 2.24) is 10.6 Å². The third-order valence-electron chi connectivity index (χ3n) is 2.98. The minimum Gasteiger partial charge on any atom is -0.353 e. The fraction of sp³-hybridized carbons (Fsp3) is 0.462. The molecule has 0 aromatic heterocycles. The number of halogens is 2. The van der Waals surface area contributed by atoms with Crippen LogP contribution in [0, 0.1) is 0 Å². The van der Waals surface area contributed by atoms with Gasteiger partial charge in [-0.3, -0.25) is 4.79 Å². The normalized spacial score (nSPS) is 15.8. The minimum absolute atomic E-state index is 0. The number of hydrogen-bond acceptors (Lipinski definition) is 2. The van der Waals surface area contributed by atoms with Crippen molar-refractivity contribution in [2.75, 3.05) is 13.1 Å². The van der Waals surface area contributed by atoms with Crippen molar-refractivity contribution in [3.05, 3.63) is 34.9 Å². The Morgan fingerprint density at radius 3 is 2.50 bits per heavy atom. The van der Waals surface area contributed by atoms with Gasteiger partial charge in [0.05, 0.1) is 6.42 Å². The fourth-order valence-electron chi connectivity index (χ4n) is 2.03. The molecule has 0 aliphatic carbocycles. The smallest absolute Gasteiger partial charge is 0.224 e. The summed E-state index contributed by atoms with van der Waals surface area (Å²) >= 11 is 5.80. The Bertz CT molecular complexity index is 375. The van der Waals surface area contributed by atoms with Gasteiger partial charge < -0.3 is 10.6 Å². The minimum atomic E-state index is 0. The van der Waals surface area contributed by atoms with Crippen LogP contribution in [-0.2, 0) is 11.2 Å². The van der Waals surface area contributed by atoms with E-state index in [1.165, 1.54) is 0 Å². The lowest BCUT2D eigenvalue weighted by atomic mass is 10.1. The Morgan fingerprint density at radius 1 is 1.28 bits per heavy atom. The number of hydrogen-bond donors (Lipinski definition) is 2. The zero-order valence-corrected chi connectivity index (χ0v) is 11.7. The third kappa shape index (κ3) is 4.84. The second-order valence-corrected chi connectivity index (χ2v) is 4.83. The highest BCUT2D eigenvalue weighted by Crippen LogP contribution is 2.10. The molecule has 1 amide bonds. The van der Waals surface area contributed by atoms with Gasteiger partial charge in [-0.25, -0.2) is 0 Å². The average Bonchev–Trinajstić information content (AvgIpc) is 2.33. The molecule has 3 nitrogen and oxygen atoms in total. The first-order valence-electron chi connectivity index (χ1n) is 5.98. The summed E-state index contributed by atoms with van der Waals surface area (Å²) in [6.07, 6.45) is 2.47. The summed E-state index contributed by atoms with van der Waals surface area (Å²) in [6, 6.07) is 7.74. The van der Waals surface area contributed by atoms with E-state index in [0.717, 1.165) is 31.5 Å². The molecular weight excluding hydrogens is 271 g/mol. The van der Waals surface area contributed by atoms with Crippen LogP contribution >= 0.6 is 24.0 Å². The molecule has 1 saturated heterocycles. The first kappa shape index (κ1) is 15.3. The van der Waals surface area contributed by atoms with Crippen molar-refractivity contribution in [3.63, 3.8) is 0 Å². The van der Waals surface area contributed by atoms with Crippen molar-refractivity contribution in [2.45, 2.75) is 25.3 Å². The molecule has 1 aliphatic heterocycles. The van der Waals surface area contributed by atoms with E-state index in [1.807, 2.05) is 24.3 Å². The van der Waals surface area contributed by atoms with Crippen LogP contribution in [0.15, 0.2) is 24.3 Å². The highest BCUT2D eigenvalue weighted by atomic mass is 35.5. The Balaban J connectivity index is 0.00000162. The molecule has 0 spiro atoms. The molecule has 5 heteroatoms. The topological polar surface area (TPSA) is 41.1 Å². The summed E-state index contributed by atoms with van der Waals surface area (Å²) < 4.78 is 0. The van der Waals surface area contributed by atoms with Gasteiger partial charge in [-0.15, -0.1) is 12.4 Å². The van der Waals surface area contributed by atoms with Gasteiger partial charge in [0.2, 0.25) is 5.91 Å². The number of carbonyl (C=O) groups is 1. The molecule has 0 atom stereocenters. The molecule has 0 saturated carbocycles. The molecule has 0 unspecified atom stereocenters. The van der Waals surface area contributed by atoms with Crippen molar-refractivity contribution in [2.24, 2.45) is 0 Å². The van der Waals surface area contributed by atoms with Crippen LogP contribution < -0.4 is 10.6 Å². The maximum absolute atomic E-state index is 11.8. The van der Waals surface area contributed by atoms with Gasteiger partial charge in [-0.05, 0) is 43.6 Å². The van der Waals surface area contributed by atoms with Crippen LogP contribution in [-0.4, -0.2) is 25.0 Å².